The van der Waals surface area contributed by atoms with E-state index in [-0.39, 0.29) is 0 Å². The molecule has 6 heteroatoms. The first-order chi connectivity index (χ1) is 18.5. The minimum atomic E-state index is -1.28. The fourth-order valence-electron chi connectivity index (χ4n) is 4.51. The molecule has 0 fully saturated rings. The summed E-state index contributed by atoms with van der Waals surface area (Å²) < 4.78 is 0. The molecule has 6 nitrogen and oxygen atoms in total. The van der Waals surface area contributed by atoms with Crippen LogP contribution >= 0.6 is 0 Å². The largest absolute Gasteiger partial charge is 0.394 e. The first-order valence-electron chi connectivity index (χ1n) is 15.7. The smallest absolute Gasteiger partial charge is 0.249 e. The summed E-state index contributed by atoms with van der Waals surface area (Å²) in [7, 11) is 0. The number of rotatable bonds is 27. The lowest BCUT2D eigenvalue weighted by molar-refractivity contribution is -0.132. The Morgan fingerprint density at radius 3 is 1.58 bits per heavy atom. The number of carbonyl (C=O) groups is 1. The van der Waals surface area contributed by atoms with Crippen molar-refractivity contribution in [3.05, 3.63) is 24.3 Å². The molecule has 0 aliphatic carbocycles. The van der Waals surface area contributed by atoms with Crippen molar-refractivity contribution in [1.82, 2.24) is 5.32 Å². The Kier molecular flexibility index (Phi) is 26.5. The standard InChI is InChI=1S/C32H61NO5/c1-3-5-7-9-11-13-15-16-18-20-22-24-26-30(36)32(38)33-28(27-34)31(37)29(35)25-23-21-19-17-14-12-10-8-6-4-2/h16-19,28-31,34-37H,3-15,20-27H2,1-2H3,(H,33,38)/b18-16-,19-17+. The van der Waals surface area contributed by atoms with E-state index < -0.39 is 36.9 Å². The van der Waals surface area contributed by atoms with Crippen LogP contribution in [0.25, 0.3) is 0 Å². The van der Waals surface area contributed by atoms with Gasteiger partial charge in [0.1, 0.15) is 12.2 Å². The molecule has 0 aliphatic heterocycles. The van der Waals surface area contributed by atoms with E-state index in [9.17, 15) is 25.2 Å². The van der Waals surface area contributed by atoms with Crippen molar-refractivity contribution < 1.29 is 25.2 Å². The number of hydrogen-bond donors (Lipinski definition) is 5. The van der Waals surface area contributed by atoms with Crippen LogP contribution in [0.2, 0.25) is 0 Å². The summed E-state index contributed by atoms with van der Waals surface area (Å²) in [5, 5.41) is 43.0. The van der Waals surface area contributed by atoms with Crippen LogP contribution in [0.15, 0.2) is 24.3 Å². The Balaban J connectivity index is 4.00. The number of hydrogen-bond acceptors (Lipinski definition) is 5. The van der Waals surface area contributed by atoms with E-state index in [1.165, 1.54) is 70.6 Å². The molecular formula is C32H61NO5. The summed E-state index contributed by atoms with van der Waals surface area (Å²) in [4.78, 5) is 12.3. The zero-order chi connectivity index (χ0) is 28.3. The maximum absolute atomic E-state index is 12.3. The van der Waals surface area contributed by atoms with E-state index in [4.69, 9.17) is 0 Å². The van der Waals surface area contributed by atoms with Gasteiger partial charge in [-0.3, -0.25) is 4.79 Å². The SMILES string of the molecule is CCCCCCC/C=C/CCCC(O)C(O)C(CO)NC(=O)C(O)CCCC/C=C\CCCCCCCC. The molecule has 4 atom stereocenters. The Bertz CT molecular complexity index is 580. The van der Waals surface area contributed by atoms with Crippen LogP contribution in [0, 0.1) is 0 Å². The lowest BCUT2D eigenvalue weighted by Gasteiger charge is -2.27. The average Bonchev–Trinajstić information content (AvgIpc) is 2.92. The zero-order valence-corrected chi connectivity index (χ0v) is 24.7. The molecule has 0 rings (SSSR count). The molecule has 1 amide bonds. The van der Waals surface area contributed by atoms with Crippen molar-refractivity contribution in [3.8, 4) is 0 Å². The molecule has 0 heterocycles. The summed E-state index contributed by atoms with van der Waals surface area (Å²) in [5.41, 5.74) is 0. The second-order valence-corrected chi connectivity index (χ2v) is 10.8. The summed E-state index contributed by atoms with van der Waals surface area (Å²) in [5.74, 6) is -0.615. The topological polar surface area (TPSA) is 110 Å². The maximum atomic E-state index is 12.3. The van der Waals surface area contributed by atoms with Gasteiger partial charge in [0.25, 0.3) is 0 Å². The van der Waals surface area contributed by atoms with Gasteiger partial charge in [-0.05, 0) is 64.2 Å². The number of allylic oxidation sites excluding steroid dienone is 4. The Morgan fingerprint density at radius 2 is 1.08 bits per heavy atom. The molecule has 0 bridgehead atoms. The summed E-state index contributed by atoms with van der Waals surface area (Å²) in [6.45, 7) is 3.94. The molecule has 0 spiro atoms. The first kappa shape index (κ1) is 36.8. The van der Waals surface area contributed by atoms with Crippen molar-refractivity contribution in [3.63, 3.8) is 0 Å². The molecule has 0 aliphatic rings. The number of aliphatic hydroxyl groups is 4. The van der Waals surface area contributed by atoms with Gasteiger partial charge in [0.15, 0.2) is 0 Å². The van der Waals surface area contributed by atoms with Gasteiger partial charge in [-0.25, -0.2) is 0 Å². The number of amides is 1. The predicted octanol–water partition coefficient (Wildman–Crippen LogP) is 6.50. The van der Waals surface area contributed by atoms with Gasteiger partial charge >= 0.3 is 0 Å². The molecular weight excluding hydrogens is 478 g/mol. The van der Waals surface area contributed by atoms with E-state index in [1.54, 1.807) is 0 Å². The van der Waals surface area contributed by atoms with Gasteiger partial charge in [0.05, 0.1) is 18.8 Å². The van der Waals surface area contributed by atoms with Crippen LogP contribution in [-0.2, 0) is 4.79 Å². The third-order valence-electron chi connectivity index (χ3n) is 7.13. The molecule has 0 aromatic rings. The van der Waals surface area contributed by atoms with Crippen LogP contribution in [-0.4, -0.2) is 57.3 Å². The highest BCUT2D eigenvalue weighted by Crippen LogP contribution is 2.12. The molecule has 0 saturated heterocycles. The van der Waals surface area contributed by atoms with Crippen molar-refractivity contribution >= 4 is 5.91 Å². The minimum absolute atomic E-state index is 0.332. The average molecular weight is 540 g/mol. The van der Waals surface area contributed by atoms with E-state index in [2.05, 4.69) is 43.5 Å². The quantitative estimate of drug-likeness (QED) is 0.0604. The monoisotopic (exact) mass is 539 g/mol. The van der Waals surface area contributed by atoms with Crippen LogP contribution in [0.4, 0.5) is 0 Å². The summed E-state index contributed by atoms with van der Waals surface area (Å²) in [6, 6.07) is -1.00. The highest BCUT2D eigenvalue weighted by atomic mass is 16.3. The number of aliphatic hydroxyl groups excluding tert-OH is 4. The van der Waals surface area contributed by atoms with Gasteiger partial charge in [0.2, 0.25) is 5.91 Å². The first-order valence-corrected chi connectivity index (χ1v) is 15.7. The van der Waals surface area contributed by atoms with Gasteiger partial charge in [0, 0.05) is 0 Å². The molecule has 0 radical (unpaired) electrons. The fraction of sp³-hybridized carbons (Fsp3) is 0.844. The normalized spacial score (nSPS) is 15.2. The van der Waals surface area contributed by atoms with Gasteiger partial charge < -0.3 is 25.7 Å². The maximum Gasteiger partial charge on any atom is 0.249 e. The highest BCUT2D eigenvalue weighted by molar-refractivity contribution is 5.80. The van der Waals surface area contributed by atoms with Crippen LogP contribution in [0.1, 0.15) is 142 Å². The summed E-state index contributed by atoms with van der Waals surface area (Å²) >= 11 is 0. The van der Waals surface area contributed by atoms with Crippen molar-refractivity contribution in [2.75, 3.05) is 6.61 Å². The Hall–Kier alpha value is -1.21. The van der Waals surface area contributed by atoms with E-state index in [0.717, 1.165) is 38.5 Å². The van der Waals surface area contributed by atoms with Crippen molar-refractivity contribution in [2.24, 2.45) is 0 Å². The zero-order valence-electron chi connectivity index (χ0n) is 24.7. The van der Waals surface area contributed by atoms with Crippen LogP contribution < -0.4 is 5.32 Å². The molecule has 38 heavy (non-hydrogen) atoms. The number of carbonyl (C=O) groups excluding carboxylic acids is 1. The summed E-state index contributed by atoms with van der Waals surface area (Å²) in [6.07, 6.45) is 26.3. The molecule has 0 aromatic carbocycles. The van der Waals surface area contributed by atoms with E-state index in [0.29, 0.717) is 19.3 Å². The fourth-order valence-corrected chi connectivity index (χ4v) is 4.51. The second-order valence-electron chi connectivity index (χ2n) is 10.8. The lowest BCUT2D eigenvalue weighted by Crippen LogP contribution is -2.53. The Morgan fingerprint density at radius 1 is 0.632 bits per heavy atom. The van der Waals surface area contributed by atoms with Gasteiger partial charge in [-0.1, -0.05) is 102 Å². The number of unbranched alkanes of at least 4 members (excludes halogenated alkanes) is 14. The van der Waals surface area contributed by atoms with Crippen LogP contribution in [0.5, 0.6) is 0 Å². The van der Waals surface area contributed by atoms with Gasteiger partial charge in [-0.2, -0.15) is 0 Å². The Labute approximate surface area is 234 Å². The van der Waals surface area contributed by atoms with E-state index >= 15 is 0 Å². The lowest BCUT2D eigenvalue weighted by atomic mass is 10.00. The molecule has 0 saturated carbocycles. The van der Waals surface area contributed by atoms with Gasteiger partial charge in [-0.15, -0.1) is 0 Å². The van der Waals surface area contributed by atoms with E-state index in [1.807, 2.05) is 0 Å². The molecule has 5 N–H and O–H groups in total. The van der Waals surface area contributed by atoms with Crippen LogP contribution in [0.3, 0.4) is 0 Å². The third-order valence-corrected chi connectivity index (χ3v) is 7.13. The molecule has 4 unspecified atom stereocenters. The molecule has 0 aromatic heterocycles. The number of nitrogens with one attached hydrogen (secondary N) is 1. The molecule has 224 valence electrons. The second kappa shape index (κ2) is 27.4. The minimum Gasteiger partial charge on any atom is -0.394 e. The highest BCUT2D eigenvalue weighted by Gasteiger charge is 2.28. The van der Waals surface area contributed by atoms with Crippen molar-refractivity contribution in [1.29, 1.82) is 0 Å². The third kappa shape index (κ3) is 21.7. The predicted molar refractivity (Wildman–Crippen MR) is 159 cm³/mol. The van der Waals surface area contributed by atoms with Crippen molar-refractivity contribution in [2.45, 2.75) is 167 Å².